The van der Waals surface area contributed by atoms with Crippen LogP contribution >= 0.6 is 0 Å². The van der Waals surface area contributed by atoms with E-state index >= 15 is 0 Å². The summed E-state index contributed by atoms with van der Waals surface area (Å²) < 4.78 is 11.5. The van der Waals surface area contributed by atoms with Crippen molar-refractivity contribution < 1.29 is 14.3 Å². The average molecular weight is 318 g/mol. The van der Waals surface area contributed by atoms with E-state index in [4.69, 9.17) is 9.47 Å². The van der Waals surface area contributed by atoms with Crippen molar-refractivity contribution in [1.29, 1.82) is 0 Å². The lowest BCUT2D eigenvalue weighted by Crippen LogP contribution is -2.49. The second-order valence-corrected chi connectivity index (χ2v) is 6.45. The minimum absolute atomic E-state index is 0.0402. The molecule has 2 fully saturated rings. The summed E-state index contributed by atoms with van der Waals surface area (Å²) in [6, 6.07) is 10.5. The Morgan fingerprint density at radius 3 is 2.87 bits per heavy atom. The van der Waals surface area contributed by atoms with Crippen LogP contribution in [0.5, 0.6) is 0 Å². The smallest absolute Gasteiger partial charge is 0.234 e. The first-order valence-corrected chi connectivity index (χ1v) is 8.51. The Labute approximate surface area is 137 Å². The van der Waals surface area contributed by atoms with Crippen LogP contribution in [0.3, 0.4) is 0 Å². The Bertz CT molecular complexity index is 502. The number of morpholine rings is 1. The number of benzene rings is 1. The van der Waals surface area contributed by atoms with Crippen LogP contribution in [0.25, 0.3) is 0 Å². The zero-order chi connectivity index (χ0) is 16.1. The molecule has 2 heterocycles. The van der Waals surface area contributed by atoms with Gasteiger partial charge in [-0.25, -0.2) is 0 Å². The molecule has 1 amide bonds. The minimum Gasteiger partial charge on any atom is -0.376 e. The quantitative estimate of drug-likeness (QED) is 0.898. The molecule has 0 radical (unpaired) electrons. The molecular formula is C18H26N2O3. The van der Waals surface area contributed by atoms with Crippen molar-refractivity contribution in [3.05, 3.63) is 35.9 Å². The summed E-state index contributed by atoms with van der Waals surface area (Å²) in [7, 11) is 0. The fourth-order valence-corrected chi connectivity index (χ4v) is 3.17. The van der Waals surface area contributed by atoms with Gasteiger partial charge in [0, 0.05) is 25.7 Å². The fourth-order valence-electron chi connectivity index (χ4n) is 3.17. The van der Waals surface area contributed by atoms with Gasteiger partial charge in [0.05, 0.1) is 25.4 Å². The molecule has 0 spiro atoms. The van der Waals surface area contributed by atoms with Crippen molar-refractivity contribution >= 4 is 5.91 Å². The van der Waals surface area contributed by atoms with Gasteiger partial charge < -0.3 is 14.8 Å². The first-order chi connectivity index (χ1) is 11.2. The van der Waals surface area contributed by atoms with Gasteiger partial charge in [0.2, 0.25) is 5.91 Å². The van der Waals surface area contributed by atoms with Crippen LogP contribution < -0.4 is 5.32 Å². The molecule has 2 saturated heterocycles. The van der Waals surface area contributed by atoms with E-state index in [1.807, 2.05) is 18.2 Å². The molecule has 1 aromatic rings. The van der Waals surface area contributed by atoms with E-state index in [1.165, 1.54) is 5.56 Å². The van der Waals surface area contributed by atoms with Gasteiger partial charge in [0.25, 0.3) is 0 Å². The molecule has 0 aliphatic carbocycles. The number of amides is 1. The molecule has 0 saturated carbocycles. The summed E-state index contributed by atoms with van der Waals surface area (Å²) in [6.45, 7) is 5.37. The van der Waals surface area contributed by atoms with Gasteiger partial charge in [-0.1, -0.05) is 30.3 Å². The van der Waals surface area contributed by atoms with Crippen molar-refractivity contribution in [1.82, 2.24) is 10.2 Å². The highest BCUT2D eigenvalue weighted by Crippen LogP contribution is 2.24. The Morgan fingerprint density at radius 2 is 2.13 bits per heavy atom. The average Bonchev–Trinajstić information content (AvgIpc) is 3.09. The summed E-state index contributed by atoms with van der Waals surface area (Å²) in [5.41, 5.74) is 1.17. The normalized spacial score (nSPS) is 28.7. The van der Waals surface area contributed by atoms with E-state index < -0.39 is 0 Å². The third-order valence-corrected chi connectivity index (χ3v) is 4.63. The highest BCUT2D eigenvalue weighted by molar-refractivity contribution is 5.78. The van der Waals surface area contributed by atoms with Crippen molar-refractivity contribution in [2.75, 3.05) is 32.8 Å². The number of nitrogens with zero attached hydrogens (tertiary/aromatic N) is 1. The molecule has 3 atom stereocenters. The molecular weight excluding hydrogens is 292 g/mol. The lowest BCUT2D eigenvalue weighted by Gasteiger charge is -2.37. The summed E-state index contributed by atoms with van der Waals surface area (Å²) in [5, 5.41) is 3.00. The molecule has 1 aromatic carbocycles. The standard InChI is InChI=1S/C18H26N2O3/c1-14-13-23-17(15-6-3-2-4-7-15)11-20(14)12-18(21)19-10-16-8-5-9-22-16/h2-4,6-7,14,16-17H,5,8-13H2,1H3,(H,19,21)/t14-,16+,17-/m1/s1. The molecule has 1 N–H and O–H groups in total. The largest absolute Gasteiger partial charge is 0.376 e. The summed E-state index contributed by atoms with van der Waals surface area (Å²) in [6.07, 6.45) is 2.38. The molecule has 2 aliphatic rings. The molecule has 2 aliphatic heterocycles. The highest BCUT2D eigenvalue weighted by Gasteiger charge is 2.28. The number of carbonyl (C=O) groups is 1. The molecule has 5 nitrogen and oxygen atoms in total. The maximum absolute atomic E-state index is 12.2. The number of rotatable bonds is 5. The number of hydrogen-bond donors (Lipinski definition) is 1. The SMILES string of the molecule is C[C@@H]1CO[C@@H](c2ccccc2)CN1CC(=O)NC[C@@H]1CCCO1. The second-order valence-electron chi connectivity index (χ2n) is 6.45. The monoisotopic (exact) mass is 318 g/mol. The number of carbonyl (C=O) groups excluding carboxylic acids is 1. The van der Waals surface area contributed by atoms with E-state index in [0.717, 1.165) is 26.0 Å². The molecule has 23 heavy (non-hydrogen) atoms. The Hall–Kier alpha value is -1.43. The highest BCUT2D eigenvalue weighted by atomic mass is 16.5. The molecule has 3 rings (SSSR count). The predicted octanol–water partition coefficient (Wildman–Crippen LogP) is 1.74. The van der Waals surface area contributed by atoms with Gasteiger partial charge in [-0.3, -0.25) is 9.69 Å². The van der Waals surface area contributed by atoms with Crippen molar-refractivity contribution in [2.24, 2.45) is 0 Å². The van der Waals surface area contributed by atoms with E-state index in [2.05, 4.69) is 29.3 Å². The van der Waals surface area contributed by atoms with Gasteiger partial charge in [0.15, 0.2) is 0 Å². The van der Waals surface area contributed by atoms with Gasteiger partial charge >= 0.3 is 0 Å². The van der Waals surface area contributed by atoms with Crippen LogP contribution in [0.4, 0.5) is 0 Å². The van der Waals surface area contributed by atoms with E-state index in [-0.39, 0.29) is 24.2 Å². The van der Waals surface area contributed by atoms with Gasteiger partial charge in [0.1, 0.15) is 0 Å². The van der Waals surface area contributed by atoms with Crippen LogP contribution in [0.15, 0.2) is 30.3 Å². The van der Waals surface area contributed by atoms with Gasteiger partial charge in [-0.2, -0.15) is 0 Å². The van der Waals surface area contributed by atoms with E-state index in [1.54, 1.807) is 0 Å². The Balaban J connectivity index is 1.50. The summed E-state index contributed by atoms with van der Waals surface area (Å²) >= 11 is 0. The minimum atomic E-state index is 0.0402. The van der Waals surface area contributed by atoms with Gasteiger partial charge in [-0.15, -0.1) is 0 Å². The molecule has 126 valence electrons. The van der Waals surface area contributed by atoms with Crippen LogP contribution in [0, 0.1) is 0 Å². The van der Waals surface area contributed by atoms with Crippen LogP contribution in [-0.4, -0.2) is 55.8 Å². The van der Waals surface area contributed by atoms with Gasteiger partial charge in [-0.05, 0) is 25.3 Å². The topological polar surface area (TPSA) is 50.8 Å². The van der Waals surface area contributed by atoms with Crippen molar-refractivity contribution in [3.8, 4) is 0 Å². The van der Waals surface area contributed by atoms with Crippen molar-refractivity contribution in [2.45, 2.75) is 38.0 Å². The molecule has 0 bridgehead atoms. The van der Waals surface area contributed by atoms with E-state index in [0.29, 0.717) is 19.7 Å². The predicted molar refractivity (Wildman–Crippen MR) is 88.2 cm³/mol. The molecule has 0 unspecified atom stereocenters. The number of nitrogens with one attached hydrogen (secondary N) is 1. The second kappa shape index (κ2) is 7.90. The third kappa shape index (κ3) is 4.53. The fraction of sp³-hybridized carbons (Fsp3) is 0.611. The molecule has 0 aromatic heterocycles. The van der Waals surface area contributed by atoms with Crippen LogP contribution in [-0.2, 0) is 14.3 Å². The Kier molecular flexibility index (Phi) is 5.65. The van der Waals surface area contributed by atoms with Crippen LogP contribution in [0.2, 0.25) is 0 Å². The lowest BCUT2D eigenvalue weighted by molar-refractivity contribution is -0.127. The maximum atomic E-state index is 12.2. The third-order valence-electron chi connectivity index (χ3n) is 4.63. The zero-order valence-corrected chi connectivity index (χ0v) is 13.7. The number of ether oxygens (including phenoxy) is 2. The summed E-state index contributed by atoms with van der Waals surface area (Å²) in [4.78, 5) is 14.4. The Morgan fingerprint density at radius 1 is 1.30 bits per heavy atom. The first kappa shape index (κ1) is 16.4. The maximum Gasteiger partial charge on any atom is 0.234 e. The number of hydrogen-bond acceptors (Lipinski definition) is 4. The molecule has 5 heteroatoms. The van der Waals surface area contributed by atoms with E-state index in [9.17, 15) is 4.79 Å². The van der Waals surface area contributed by atoms with Crippen molar-refractivity contribution in [3.63, 3.8) is 0 Å². The zero-order valence-electron chi connectivity index (χ0n) is 13.7. The first-order valence-electron chi connectivity index (χ1n) is 8.51. The van der Waals surface area contributed by atoms with Crippen LogP contribution in [0.1, 0.15) is 31.4 Å². The lowest BCUT2D eigenvalue weighted by atomic mass is 10.1. The summed E-state index contributed by atoms with van der Waals surface area (Å²) in [5.74, 6) is 0.0704.